The predicted octanol–water partition coefficient (Wildman–Crippen LogP) is 0.248. The molecule has 6 heteroatoms. The molecule has 0 amide bonds. The van der Waals surface area contributed by atoms with Gasteiger partial charge in [-0.15, -0.1) is 0 Å². The van der Waals surface area contributed by atoms with E-state index in [9.17, 15) is 4.79 Å². The highest BCUT2D eigenvalue weighted by atomic mass is 16.4. The van der Waals surface area contributed by atoms with Crippen LogP contribution in [0.2, 0.25) is 0 Å². The molecule has 0 aliphatic rings. The first kappa shape index (κ1) is 9.06. The van der Waals surface area contributed by atoms with Crippen molar-refractivity contribution in [1.29, 1.82) is 5.26 Å². The summed E-state index contributed by atoms with van der Waals surface area (Å²) in [6.07, 6.45) is 1.33. The standard InChI is InChI=1S/C7H8N4O2/c1-4(2-8)11-3-5(9)6(10-11)7(12)13/h3-4H,9H2,1H3,(H,12,13). The monoisotopic (exact) mass is 180 g/mol. The lowest BCUT2D eigenvalue weighted by Gasteiger charge is -1.99. The number of carboxylic acids is 1. The Labute approximate surface area is 74.2 Å². The van der Waals surface area contributed by atoms with Crippen molar-refractivity contribution in [3.8, 4) is 6.07 Å². The lowest BCUT2D eigenvalue weighted by atomic mass is 10.4. The maximum atomic E-state index is 10.5. The molecule has 0 aliphatic carbocycles. The number of nitrogen functional groups attached to an aromatic ring is 1. The van der Waals surface area contributed by atoms with Gasteiger partial charge < -0.3 is 10.8 Å². The quantitative estimate of drug-likeness (QED) is 0.678. The molecule has 1 rings (SSSR count). The van der Waals surface area contributed by atoms with Crippen molar-refractivity contribution < 1.29 is 9.90 Å². The van der Waals surface area contributed by atoms with Gasteiger partial charge in [-0.1, -0.05) is 0 Å². The highest BCUT2D eigenvalue weighted by Crippen LogP contribution is 2.12. The van der Waals surface area contributed by atoms with Crippen LogP contribution in [0.5, 0.6) is 0 Å². The van der Waals surface area contributed by atoms with Gasteiger partial charge in [0.05, 0.1) is 18.0 Å². The van der Waals surface area contributed by atoms with Crippen molar-refractivity contribution >= 4 is 11.7 Å². The molecule has 6 nitrogen and oxygen atoms in total. The fraction of sp³-hybridized carbons (Fsp3) is 0.286. The third-order valence-corrected chi connectivity index (χ3v) is 1.55. The lowest BCUT2D eigenvalue weighted by molar-refractivity contribution is 0.0690. The zero-order valence-corrected chi connectivity index (χ0v) is 6.93. The summed E-state index contributed by atoms with van der Waals surface area (Å²) in [6.45, 7) is 1.60. The molecule has 1 aromatic rings. The van der Waals surface area contributed by atoms with Gasteiger partial charge >= 0.3 is 5.97 Å². The highest BCUT2D eigenvalue weighted by molar-refractivity contribution is 5.91. The first-order valence-corrected chi connectivity index (χ1v) is 3.53. The summed E-state index contributed by atoms with van der Waals surface area (Å²) < 4.78 is 1.22. The van der Waals surface area contributed by atoms with Crippen molar-refractivity contribution in [3.05, 3.63) is 11.9 Å². The molecule has 0 radical (unpaired) electrons. The molecule has 0 aliphatic heterocycles. The van der Waals surface area contributed by atoms with Crippen LogP contribution in [-0.2, 0) is 0 Å². The Balaban J connectivity index is 3.10. The number of nitriles is 1. The Morgan fingerprint density at radius 1 is 1.92 bits per heavy atom. The van der Waals surface area contributed by atoms with E-state index in [0.29, 0.717) is 0 Å². The Kier molecular flexibility index (Phi) is 2.19. The van der Waals surface area contributed by atoms with E-state index in [0.717, 1.165) is 0 Å². The van der Waals surface area contributed by atoms with Crippen LogP contribution in [0.4, 0.5) is 5.69 Å². The number of aromatic carboxylic acids is 1. The van der Waals surface area contributed by atoms with Gasteiger partial charge in [0.15, 0.2) is 5.69 Å². The molecule has 0 bridgehead atoms. The average molecular weight is 180 g/mol. The minimum atomic E-state index is -1.19. The summed E-state index contributed by atoms with van der Waals surface area (Å²) in [6, 6.07) is 1.39. The average Bonchev–Trinajstić information content (AvgIpc) is 2.46. The molecule has 0 saturated heterocycles. The second kappa shape index (κ2) is 3.15. The van der Waals surface area contributed by atoms with E-state index < -0.39 is 12.0 Å². The molecule has 0 spiro atoms. The van der Waals surface area contributed by atoms with E-state index in [-0.39, 0.29) is 11.4 Å². The van der Waals surface area contributed by atoms with E-state index in [1.807, 2.05) is 6.07 Å². The smallest absolute Gasteiger partial charge is 0.358 e. The maximum absolute atomic E-state index is 10.5. The predicted molar refractivity (Wildman–Crippen MR) is 43.9 cm³/mol. The summed E-state index contributed by atoms with van der Waals surface area (Å²) in [5.74, 6) is -1.19. The molecule has 3 N–H and O–H groups in total. The maximum Gasteiger partial charge on any atom is 0.358 e. The number of nitrogens with zero attached hydrogens (tertiary/aromatic N) is 3. The molecular formula is C7H8N4O2. The minimum absolute atomic E-state index is 0.0644. The highest BCUT2D eigenvalue weighted by Gasteiger charge is 2.15. The summed E-state index contributed by atoms with van der Waals surface area (Å²) in [7, 11) is 0. The van der Waals surface area contributed by atoms with Gasteiger partial charge in [-0.2, -0.15) is 10.4 Å². The van der Waals surface area contributed by atoms with E-state index >= 15 is 0 Å². The number of hydrogen-bond acceptors (Lipinski definition) is 4. The third-order valence-electron chi connectivity index (χ3n) is 1.55. The number of carboxylic acid groups (broad SMARTS) is 1. The summed E-state index contributed by atoms with van der Waals surface area (Å²) in [5.41, 5.74) is 5.21. The molecule has 0 fully saturated rings. The minimum Gasteiger partial charge on any atom is -0.476 e. The van der Waals surface area contributed by atoms with Crippen molar-refractivity contribution in [3.63, 3.8) is 0 Å². The third kappa shape index (κ3) is 1.59. The molecular weight excluding hydrogens is 172 g/mol. The molecule has 1 unspecified atom stereocenters. The van der Waals surface area contributed by atoms with Crippen LogP contribution in [0.15, 0.2) is 6.20 Å². The SMILES string of the molecule is CC(C#N)n1cc(N)c(C(=O)O)n1. The number of hydrogen-bond donors (Lipinski definition) is 2. The van der Waals surface area contributed by atoms with Crippen LogP contribution < -0.4 is 5.73 Å². The Bertz CT molecular complexity index is 376. The van der Waals surface area contributed by atoms with Crippen LogP contribution in [0.1, 0.15) is 23.5 Å². The number of nitrogens with two attached hydrogens (primary N) is 1. The van der Waals surface area contributed by atoms with Gasteiger partial charge in [-0.3, -0.25) is 4.68 Å². The van der Waals surface area contributed by atoms with Gasteiger partial charge in [-0.05, 0) is 6.92 Å². The van der Waals surface area contributed by atoms with Crippen molar-refractivity contribution in [2.75, 3.05) is 5.73 Å². The first-order chi connectivity index (χ1) is 6.06. The Hall–Kier alpha value is -2.03. The Morgan fingerprint density at radius 3 is 2.92 bits per heavy atom. The lowest BCUT2D eigenvalue weighted by Crippen LogP contribution is -2.06. The van der Waals surface area contributed by atoms with E-state index in [4.69, 9.17) is 16.1 Å². The number of anilines is 1. The van der Waals surface area contributed by atoms with Crippen molar-refractivity contribution in [2.24, 2.45) is 0 Å². The van der Waals surface area contributed by atoms with Crippen molar-refractivity contribution in [1.82, 2.24) is 9.78 Å². The fourth-order valence-corrected chi connectivity index (χ4v) is 0.830. The van der Waals surface area contributed by atoms with Crippen LogP contribution >= 0.6 is 0 Å². The van der Waals surface area contributed by atoms with Crippen LogP contribution in [0.25, 0.3) is 0 Å². The fourth-order valence-electron chi connectivity index (χ4n) is 0.830. The van der Waals surface area contributed by atoms with Gasteiger partial charge in [-0.25, -0.2) is 4.79 Å². The summed E-state index contributed by atoms with van der Waals surface area (Å²) in [4.78, 5) is 10.5. The van der Waals surface area contributed by atoms with E-state index in [2.05, 4.69) is 5.10 Å². The van der Waals surface area contributed by atoms with Gasteiger partial charge in [0.2, 0.25) is 0 Å². The molecule has 13 heavy (non-hydrogen) atoms. The van der Waals surface area contributed by atoms with Crippen LogP contribution in [0, 0.1) is 11.3 Å². The number of rotatable bonds is 2. The number of aromatic nitrogens is 2. The first-order valence-electron chi connectivity index (χ1n) is 3.53. The molecule has 1 atom stereocenters. The number of carbonyl (C=O) groups is 1. The van der Waals surface area contributed by atoms with Crippen LogP contribution in [-0.4, -0.2) is 20.9 Å². The molecule has 0 aromatic carbocycles. The van der Waals surface area contributed by atoms with E-state index in [1.54, 1.807) is 6.92 Å². The molecule has 1 heterocycles. The molecule has 68 valence electrons. The Morgan fingerprint density at radius 2 is 2.54 bits per heavy atom. The van der Waals surface area contributed by atoms with Gasteiger partial charge in [0, 0.05) is 0 Å². The zero-order chi connectivity index (χ0) is 10.0. The summed E-state index contributed by atoms with van der Waals surface area (Å²) >= 11 is 0. The second-order valence-electron chi connectivity index (χ2n) is 2.52. The van der Waals surface area contributed by atoms with Gasteiger partial charge in [0.25, 0.3) is 0 Å². The van der Waals surface area contributed by atoms with Crippen LogP contribution in [0.3, 0.4) is 0 Å². The van der Waals surface area contributed by atoms with Gasteiger partial charge in [0.1, 0.15) is 6.04 Å². The molecule has 0 saturated carbocycles. The largest absolute Gasteiger partial charge is 0.476 e. The van der Waals surface area contributed by atoms with E-state index in [1.165, 1.54) is 10.9 Å². The molecule has 1 aromatic heterocycles. The van der Waals surface area contributed by atoms with Crippen molar-refractivity contribution in [2.45, 2.75) is 13.0 Å². The zero-order valence-electron chi connectivity index (χ0n) is 6.93. The second-order valence-corrected chi connectivity index (χ2v) is 2.52. The topological polar surface area (TPSA) is 105 Å². The normalized spacial score (nSPS) is 12.0. The summed E-state index contributed by atoms with van der Waals surface area (Å²) in [5, 5.41) is 20.8.